The van der Waals surface area contributed by atoms with Gasteiger partial charge in [-0.15, -0.1) is 0 Å². The number of unbranched alkanes of at least 4 members (excludes halogenated alkanes) is 5. The highest BCUT2D eigenvalue weighted by molar-refractivity contribution is 7.92. The van der Waals surface area contributed by atoms with Crippen molar-refractivity contribution in [2.75, 3.05) is 17.2 Å². The summed E-state index contributed by atoms with van der Waals surface area (Å²) < 4.78 is 25.4. The van der Waals surface area contributed by atoms with E-state index in [1.54, 1.807) is 24.3 Å². The fourth-order valence-electron chi connectivity index (χ4n) is 2.92. The number of carboxylic acids is 1. The number of sulfonamides is 1. The molecule has 0 bridgehead atoms. The minimum atomic E-state index is -3.50. The van der Waals surface area contributed by atoms with Crippen LogP contribution in [0.5, 0.6) is 0 Å². The maximum absolute atomic E-state index is 12.1. The largest absolute Gasteiger partial charge is 0.481 e. The molecule has 0 aliphatic heterocycles. The maximum Gasteiger partial charge on any atom is 0.303 e. The van der Waals surface area contributed by atoms with Crippen molar-refractivity contribution >= 4 is 21.7 Å². The summed E-state index contributed by atoms with van der Waals surface area (Å²) in [6.07, 6.45) is 7.63. The van der Waals surface area contributed by atoms with Gasteiger partial charge >= 0.3 is 5.97 Å². The van der Waals surface area contributed by atoms with E-state index in [1.807, 2.05) is 0 Å². The molecule has 28 heavy (non-hydrogen) atoms. The number of carboxylic acid groups (broad SMARTS) is 1. The molecule has 0 aliphatic rings. The van der Waals surface area contributed by atoms with Crippen LogP contribution in [0.2, 0.25) is 0 Å². The molecule has 1 rings (SSSR count). The van der Waals surface area contributed by atoms with Gasteiger partial charge in [0, 0.05) is 13.0 Å². The summed E-state index contributed by atoms with van der Waals surface area (Å²) in [6, 6.07) is 6.91. The Balaban J connectivity index is 2.57. The van der Waals surface area contributed by atoms with E-state index in [0.29, 0.717) is 25.1 Å². The molecular weight excluding hydrogens is 380 g/mol. The summed E-state index contributed by atoms with van der Waals surface area (Å²) in [5.41, 5.74) is 4.21. The number of rotatable bonds is 15. The van der Waals surface area contributed by atoms with Crippen LogP contribution in [-0.4, -0.2) is 37.4 Å². The number of hydrazine groups is 1. The molecule has 7 nitrogen and oxygen atoms in total. The van der Waals surface area contributed by atoms with Gasteiger partial charge in [0.05, 0.1) is 18.0 Å². The lowest BCUT2D eigenvalue weighted by Crippen LogP contribution is -2.42. The van der Waals surface area contributed by atoms with Gasteiger partial charge in [-0.2, -0.15) is 0 Å². The number of aliphatic hydroxyl groups excluding tert-OH is 1. The minimum absolute atomic E-state index is 0.166. The Bertz CT molecular complexity index is 676. The molecule has 3 N–H and O–H groups in total. The third-order valence-corrected chi connectivity index (χ3v) is 5.50. The summed E-state index contributed by atoms with van der Waals surface area (Å²) in [4.78, 5) is 10.5. The van der Waals surface area contributed by atoms with Crippen molar-refractivity contribution in [2.24, 2.45) is 0 Å². The molecule has 0 radical (unpaired) electrons. The van der Waals surface area contributed by atoms with Gasteiger partial charge in [0.15, 0.2) is 0 Å². The van der Waals surface area contributed by atoms with E-state index in [1.165, 1.54) is 0 Å². The number of aliphatic hydroxyl groups is 1. The van der Waals surface area contributed by atoms with Gasteiger partial charge in [-0.3, -0.25) is 4.79 Å². The van der Waals surface area contributed by atoms with Crippen LogP contribution in [0, 0.1) is 0 Å². The van der Waals surface area contributed by atoms with Gasteiger partial charge in [-0.1, -0.05) is 51.2 Å². The first-order valence-corrected chi connectivity index (χ1v) is 11.8. The van der Waals surface area contributed by atoms with Gasteiger partial charge in [0.25, 0.3) is 0 Å². The fraction of sp³-hybridized carbons (Fsp3) is 0.650. The molecule has 0 spiro atoms. The van der Waals surface area contributed by atoms with Gasteiger partial charge < -0.3 is 10.2 Å². The SMILES string of the molecule is CCCCCC(O)c1ccc(N(NCCCCCCC(=O)O)S(C)(=O)=O)cc1. The molecule has 8 heteroatoms. The smallest absolute Gasteiger partial charge is 0.303 e. The first-order chi connectivity index (χ1) is 13.3. The van der Waals surface area contributed by atoms with Crippen molar-refractivity contribution < 1.29 is 23.4 Å². The van der Waals surface area contributed by atoms with Crippen LogP contribution in [0.3, 0.4) is 0 Å². The Kier molecular flexibility index (Phi) is 11.1. The van der Waals surface area contributed by atoms with E-state index in [4.69, 9.17) is 5.11 Å². The zero-order valence-electron chi connectivity index (χ0n) is 16.9. The number of carbonyl (C=O) groups is 1. The molecule has 0 saturated heterocycles. The number of benzene rings is 1. The predicted octanol–water partition coefficient (Wildman–Crippen LogP) is 3.61. The van der Waals surface area contributed by atoms with E-state index in [2.05, 4.69) is 12.3 Å². The molecule has 1 atom stereocenters. The lowest BCUT2D eigenvalue weighted by Gasteiger charge is -2.23. The molecule has 0 saturated carbocycles. The van der Waals surface area contributed by atoms with E-state index in [0.717, 1.165) is 54.8 Å². The second kappa shape index (κ2) is 12.7. The summed E-state index contributed by atoms with van der Waals surface area (Å²) in [7, 11) is -3.50. The van der Waals surface area contributed by atoms with Crippen molar-refractivity contribution in [3.05, 3.63) is 29.8 Å². The Hall–Kier alpha value is -1.64. The van der Waals surface area contributed by atoms with E-state index in [9.17, 15) is 18.3 Å². The highest BCUT2D eigenvalue weighted by Gasteiger charge is 2.17. The number of hydrogen-bond acceptors (Lipinski definition) is 5. The summed E-state index contributed by atoms with van der Waals surface area (Å²) >= 11 is 0. The van der Waals surface area contributed by atoms with Crippen LogP contribution in [0.25, 0.3) is 0 Å². The monoisotopic (exact) mass is 414 g/mol. The number of nitrogens with zero attached hydrogens (tertiary/aromatic N) is 1. The highest BCUT2D eigenvalue weighted by Crippen LogP contribution is 2.23. The molecule has 0 amide bonds. The Morgan fingerprint density at radius 3 is 2.29 bits per heavy atom. The standard InChI is InChI=1S/C20H34N2O5S/c1-3-4-7-10-19(23)17-12-14-18(15-13-17)22(28(2,26)27)21-16-9-6-5-8-11-20(24)25/h12-15,19,21,23H,3-11,16H2,1-2H3,(H,24,25). The summed E-state index contributed by atoms with van der Waals surface area (Å²) in [5.74, 6) is -0.791. The zero-order chi connectivity index (χ0) is 21.0. The lowest BCUT2D eigenvalue weighted by atomic mass is 10.0. The van der Waals surface area contributed by atoms with Crippen molar-refractivity contribution in [2.45, 2.75) is 70.8 Å². The van der Waals surface area contributed by atoms with Gasteiger partial charge in [0.2, 0.25) is 10.0 Å². The molecule has 0 aromatic heterocycles. The van der Waals surface area contributed by atoms with Gasteiger partial charge in [-0.25, -0.2) is 18.3 Å². The van der Waals surface area contributed by atoms with Crippen LogP contribution in [0.4, 0.5) is 5.69 Å². The van der Waals surface area contributed by atoms with E-state index < -0.39 is 22.1 Å². The van der Waals surface area contributed by atoms with E-state index in [-0.39, 0.29) is 6.42 Å². The van der Waals surface area contributed by atoms with Crippen LogP contribution in [-0.2, 0) is 14.8 Å². The van der Waals surface area contributed by atoms with Crippen LogP contribution in [0.15, 0.2) is 24.3 Å². The molecule has 0 heterocycles. The summed E-state index contributed by atoms with van der Waals surface area (Å²) in [6.45, 7) is 2.59. The van der Waals surface area contributed by atoms with Crippen molar-refractivity contribution in [3.8, 4) is 0 Å². The summed E-state index contributed by atoms with van der Waals surface area (Å²) in [5, 5.41) is 18.8. The Labute approximate surface area is 168 Å². The van der Waals surface area contributed by atoms with Crippen LogP contribution in [0.1, 0.15) is 76.4 Å². The lowest BCUT2D eigenvalue weighted by molar-refractivity contribution is -0.137. The number of nitrogens with one attached hydrogen (secondary N) is 1. The van der Waals surface area contributed by atoms with Crippen LogP contribution >= 0.6 is 0 Å². The molecule has 0 aliphatic carbocycles. The quantitative estimate of drug-likeness (QED) is 0.299. The second-order valence-electron chi connectivity index (χ2n) is 7.10. The third kappa shape index (κ3) is 9.52. The average molecular weight is 415 g/mol. The van der Waals surface area contributed by atoms with Crippen molar-refractivity contribution in [1.29, 1.82) is 0 Å². The Morgan fingerprint density at radius 2 is 1.71 bits per heavy atom. The molecule has 1 unspecified atom stereocenters. The maximum atomic E-state index is 12.1. The predicted molar refractivity (Wildman–Crippen MR) is 112 cm³/mol. The van der Waals surface area contributed by atoms with Gasteiger partial charge in [-0.05, 0) is 37.0 Å². The fourth-order valence-corrected chi connectivity index (χ4v) is 3.75. The molecular formula is C20H34N2O5S. The molecule has 0 fully saturated rings. The first-order valence-electron chi connectivity index (χ1n) is 9.99. The van der Waals surface area contributed by atoms with Crippen LogP contribution < -0.4 is 9.84 Å². The topological polar surface area (TPSA) is 107 Å². The average Bonchev–Trinajstić information content (AvgIpc) is 2.63. The number of anilines is 1. The van der Waals surface area contributed by atoms with Crippen molar-refractivity contribution in [3.63, 3.8) is 0 Å². The van der Waals surface area contributed by atoms with Gasteiger partial charge in [0.1, 0.15) is 0 Å². The zero-order valence-corrected chi connectivity index (χ0v) is 17.7. The number of hydrogen-bond donors (Lipinski definition) is 3. The van der Waals surface area contributed by atoms with Crippen molar-refractivity contribution in [1.82, 2.24) is 5.43 Å². The number of aliphatic carboxylic acids is 1. The Morgan fingerprint density at radius 1 is 1.07 bits per heavy atom. The minimum Gasteiger partial charge on any atom is -0.481 e. The normalized spacial score (nSPS) is 12.7. The molecule has 160 valence electrons. The second-order valence-corrected chi connectivity index (χ2v) is 8.93. The highest BCUT2D eigenvalue weighted by atomic mass is 32.2. The van der Waals surface area contributed by atoms with E-state index >= 15 is 0 Å². The third-order valence-electron chi connectivity index (χ3n) is 4.50. The molecule has 1 aromatic rings. The first kappa shape index (κ1) is 24.4. The molecule has 1 aromatic carbocycles.